The number of carbonyl (C=O) groups excluding carboxylic acids is 1. The Hall–Kier alpha value is -2.38. The summed E-state index contributed by atoms with van der Waals surface area (Å²) in [5, 5.41) is 2.03. The molecule has 0 aliphatic carbocycles. The molecule has 0 aromatic heterocycles. The van der Waals surface area contributed by atoms with Crippen LogP contribution in [-0.2, 0) is 22.6 Å². The third-order valence-corrected chi connectivity index (χ3v) is 4.68. The Kier molecular flexibility index (Phi) is 5.82. The molecule has 1 saturated heterocycles. The Morgan fingerprint density at radius 2 is 1.44 bits per heavy atom. The third-order valence-electron chi connectivity index (χ3n) is 4.68. The van der Waals surface area contributed by atoms with Gasteiger partial charge in [0.25, 0.3) is 0 Å². The fourth-order valence-corrected chi connectivity index (χ4v) is 3.08. The average molecular weight is 378 g/mol. The van der Waals surface area contributed by atoms with Gasteiger partial charge in [0, 0.05) is 19.6 Å². The number of carbonyl (C=O) groups is 1. The molecule has 7 heteroatoms. The second-order valence-corrected chi connectivity index (χ2v) is 6.72. The molecule has 3 rings (SSSR count). The Bertz CT molecular complexity index is 705. The van der Waals surface area contributed by atoms with Gasteiger partial charge in [0.15, 0.2) is 0 Å². The van der Waals surface area contributed by atoms with E-state index in [0.29, 0.717) is 13.1 Å². The zero-order valence-corrected chi connectivity index (χ0v) is 14.7. The van der Waals surface area contributed by atoms with Crippen molar-refractivity contribution in [1.29, 1.82) is 0 Å². The first-order chi connectivity index (χ1) is 12.9. The molecule has 0 spiro atoms. The van der Waals surface area contributed by atoms with Crippen LogP contribution in [0, 0.1) is 0 Å². The molecule has 0 unspecified atom stereocenters. The molecule has 1 aliphatic heterocycles. The lowest BCUT2D eigenvalue weighted by molar-refractivity contribution is -0.179. The van der Waals surface area contributed by atoms with Crippen molar-refractivity contribution in [2.45, 2.75) is 24.8 Å². The van der Waals surface area contributed by atoms with Gasteiger partial charge in [-0.25, -0.2) is 0 Å². The summed E-state index contributed by atoms with van der Waals surface area (Å²) in [6, 6.07) is 19.4. The second kappa shape index (κ2) is 8.10. The largest absolute Gasteiger partial charge is 0.471 e. The summed E-state index contributed by atoms with van der Waals surface area (Å²) in [7, 11) is 0. The summed E-state index contributed by atoms with van der Waals surface area (Å²) >= 11 is 0. The molecule has 0 saturated carbocycles. The van der Waals surface area contributed by atoms with Gasteiger partial charge in [-0.15, -0.1) is 0 Å². The summed E-state index contributed by atoms with van der Waals surface area (Å²) in [5.41, 5.74) is 1.41. The van der Waals surface area contributed by atoms with Crippen molar-refractivity contribution < 1.29 is 22.7 Å². The minimum Gasteiger partial charge on any atom is -0.377 e. The van der Waals surface area contributed by atoms with Gasteiger partial charge in [0.2, 0.25) is 0 Å². The zero-order valence-electron chi connectivity index (χ0n) is 14.7. The van der Waals surface area contributed by atoms with E-state index in [4.69, 9.17) is 4.74 Å². The molecule has 27 heavy (non-hydrogen) atoms. The van der Waals surface area contributed by atoms with Crippen LogP contribution < -0.4 is 5.32 Å². The van der Waals surface area contributed by atoms with E-state index in [1.54, 1.807) is 0 Å². The maximum Gasteiger partial charge on any atom is 0.471 e. The van der Waals surface area contributed by atoms with Gasteiger partial charge in [-0.05, 0) is 11.1 Å². The SMILES string of the molecule is O=C(NCC1(N(Cc2ccccc2)Cc2ccccc2)COC1)C(F)(F)F. The van der Waals surface area contributed by atoms with Gasteiger partial charge in [-0.2, -0.15) is 13.2 Å². The van der Waals surface area contributed by atoms with Crippen LogP contribution >= 0.6 is 0 Å². The Morgan fingerprint density at radius 1 is 0.963 bits per heavy atom. The van der Waals surface area contributed by atoms with Gasteiger partial charge >= 0.3 is 12.1 Å². The summed E-state index contributed by atoms with van der Waals surface area (Å²) in [4.78, 5) is 13.4. The minimum absolute atomic E-state index is 0.120. The molecule has 1 fully saturated rings. The smallest absolute Gasteiger partial charge is 0.377 e. The first-order valence-electron chi connectivity index (χ1n) is 8.65. The van der Waals surface area contributed by atoms with E-state index in [0.717, 1.165) is 11.1 Å². The van der Waals surface area contributed by atoms with Crippen molar-refractivity contribution in [3.8, 4) is 0 Å². The molecule has 0 atom stereocenters. The molecular weight excluding hydrogens is 357 g/mol. The molecule has 2 aromatic carbocycles. The highest BCUT2D eigenvalue weighted by atomic mass is 19.4. The van der Waals surface area contributed by atoms with E-state index in [1.807, 2.05) is 66.0 Å². The number of halogens is 3. The predicted octanol–water partition coefficient (Wildman–Crippen LogP) is 3.14. The van der Waals surface area contributed by atoms with Crippen LogP contribution in [-0.4, -0.2) is 42.3 Å². The predicted molar refractivity (Wildman–Crippen MR) is 94.7 cm³/mol. The van der Waals surface area contributed by atoms with E-state index in [9.17, 15) is 18.0 Å². The number of nitrogens with zero attached hydrogens (tertiary/aromatic N) is 1. The van der Waals surface area contributed by atoms with Crippen LogP contribution in [0.1, 0.15) is 11.1 Å². The van der Waals surface area contributed by atoms with Gasteiger partial charge in [0.1, 0.15) is 0 Å². The van der Waals surface area contributed by atoms with Gasteiger partial charge in [-0.1, -0.05) is 60.7 Å². The average Bonchev–Trinajstić information content (AvgIpc) is 2.61. The number of ether oxygens (including phenoxy) is 1. The normalized spacial score (nSPS) is 16.0. The van der Waals surface area contributed by atoms with Crippen LogP contribution in [0.3, 0.4) is 0 Å². The minimum atomic E-state index is -4.89. The van der Waals surface area contributed by atoms with Crippen molar-refractivity contribution in [1.82, 2.24) is 10.2 Å². The van der Waals surface area contributed by atoms with Crippen LogP contribution in [0.15, 0.2) is 60.7 Å². The number of rotatable bonds is 7. The molecule has 1 N–H and O–H groups in total. The van der Waals surface area contributed by atoms with Crippen molar-refractivity contribution in [3.63, 3.8) is 0 Å². The van der Waals surface area contributed by atoms with Crippen molar-refractivity contribution in [2.24, 2.45) is 0 Å². The van der Waals surface area contributed by atoms with E-state index in [2.05, 4.69) is 4.90 Å². The Morgan fingerprint density at radius 3 is 1.81 bits per heavy atom. The topological polar surface area (TPSA) is 41.6 Å². The van der Waals surface area contributed by atoms with E-state index in [-0.39, 0.29) is 19.8 Å². The molecule has 0 radical (unpaired) electrons. The molecule has 144 valence electrons. The maximum atomic E-state index is 12.6. The van der Waals surface area contributed by atoms with Crippen molar-refractivity contribution in [3.05, 3.63) is 71.8 Å². The standard InChI is InChI=1S/C20H21F3N2O2/c21-20(22,23)18(26)24-13-19(14-27-15-19)25(11-16-7-3-1-4-8-16)12-17-9-5-2-6-10-17/h1-10H,11-15H2,(H,24,26). The summed E-state index contributed by atoms with van der Waals surface area (Å²) in [5.74, 6) is -1.92. The molecule has 2 aromatic rings. The van der Waals surface area contributed by atoms with Crippen molar-refractivity contribution >= 4 is 5.91 Å². The number of hydrogen-bond donors (Lipinski definition) is 1. The molecule has 4 nitrogen and oxygen atoms in total. The fourth-order valence-electron chi connectivity index (χ4n) is 3.08. The Balaban J connectivity index is 1.79. The number of alkyl halides is 3. The molecule has 1 aliphatic rings. The quantitative estimate of drug-likeness (QED) is 0.805. The lowest BCUT2D eigenvalue weighted by atomic mass is 9.92. The fraction of sp³-hybridized carbons (Fsp3) is 0.350. The number of benzene rings is 2. The molecule has 0 bridgehead atoms. The summed E-state index contributed by atoms with van der Waals surface area (Å²) in [6.07, 6.45) is -4.89. The lowest BCUT2D eigenvalue weighted by Crippen LogP contribution is -2.67. The highest BCUT2D eigenvalue weighted by Gasteiger charge is 2.46. The number of hydrogen-bond acceptors (Lipinski definition) is 3. The zero-order chi connectivity index (χ0) is 19.3. The van der Waals surface area contributed by atoms with E-state index >= 15 is 0 Å². The van der Waals surface area contributed by atoms with Crippen LogP contribution in [0.25, 0.3) is 0 Å². The molecular formula is C20H21F3N2O2. The van der Waals surface area contributed by atoms with Gasteiger partial charge < -0.3 is 10.1 Å². The molecule has 1 amide bonds. The highest BCUT2D eigenvalue weighted by Crippen LogP contribution is 2.29. The van der Waals surface area contributed by atoms with Gasteiger partial charge in [0.05, 0.1) is 18.8 Å². The van der Waals surface area contributed by atoms with Crippen LogP contribution in [0.4, 0.5) is 13.2 Å². The van der Waals surface area contributed by atoms with Crippen LogP contribution in [0.2, 0.25) is 0 Å². The van der Waals surface area contributed by atoms with Crippen molar-refractivity contribution in [2.75, 3.05) is 19.8 Å². The highest BCUT2D eigenvalue weighted by molar-refractivity contribution is 5.81. The summed E-state index contributed by atoms with van der Waals surface area (Å²) in [6.45, 7) is 1.50. The van der Waals surface area contributed by atoms with Gasteiger partial charge in [-0.3, -0.25) is 9.69 Å². The van der Waals surface area contributed by atoms with E-state index < -0.39 is 17.6 Å². The van der Waals surface area contributed by atoms with E-state index in [1.165, 1.54) is 0 Å². The number of amides is 1. The first kappa shape index (κ1) is 19.4. The lowest BCUT2D eigenvalue weighted by Gasteiger charge is -2.50. The third kappa shape index (κ3) is 4.87. The first-order valence-corrected chi connectivity index (χ1v) is 8.65. The maximum absolute atomic E-state index is 12.6. The second-order valence-electron chi connectivity index (χ2n) is 6.72. The number of nitrogens with one attached hydrogen (secondary N) is 1. The monoisotopic (exact) mass is 378 g/mol. The molecule has 1 heterocycles. The summed E-state index contributed by atoms with van der Waals surface area (Å²) < 4.78 is 43.1. The van der Waals surface area contributed by atoms with Crippen LogP contribution in [0.5, 0.6) is 0 Å². The Labute approximate surface area is 155 Å².